The predicted octanol–water partition coefficient (Wildman–Crippen LogP) is -0.259. The van der Waals surface area contributed by atoms with Crippen molar-refractivity contribution in [3.8, 4) is 12.4 Å². The van der Waals surface area contributed by atoms with Crippen LogP contribution in [-0.4, -0.2) is 11.8 Å². The van der Waals surface area contributed by atoms with Crippen molar-refractivity contribution in [1.82, 2.24) is 10.6 Å². The first kappa shape index (κ1) is 11.9. The Labute approximate surface area is 81.5 Å². The molecule has 0 rings (SSSR count). The third kappa shape index (κ3) is 6.62. The molecule has 0 saturated carbocycles. The van der Waals surface area contributed by atoms with E-state index in [0.29, 0.717) is 12.8 Å². The van der Waals surface area contributed by atoms with Crippen LogP contribution < -0.4 is 10.6 Å². The van der Waals surface area contributed by atoms with Gasteiger partial charge in [-0.1, -0.05) is 0 Å². The van der Waals surface area contributed by atoms with Gasteiger partial charge in [-0.25, -0.2) is 0 Å². The molecule has 0 radical (unpaired) electrons. The molecule has 0 unspecified atom stereocenters. The summed E-state index contributed by atoms with van der Waals surface area (Å²) in [6.07, 6.45) is 4.50. The first-order chi connectivity index (χ1) is 6.70. The molecule has 0 atom stereocenters. The van der Waals surface area contributed by atoms with Crippen molar-refractivity contribution < 1.29 is 9.59 Å². The Hall–Kier alpha value is -2.08. The zero-order chi connectivity index (χ0) is 10.8. The number of unbranched alkanes of at least 4 members (excludes halogenated alkanes) is 1. The van der Waals surface area contributed by atoms with Crippen LogP contribution in [-0.2, 0) is 9.59 Å². The molecule has 0 bridgehead atoms. The van der Waals surface area contributed by atoms with Gasteiger partial charge in [-0.05, 0) is 12.8 Å². The maximum atomic E-state index is 10.7. The van der Waals surface area contributed by atoms with Crippen LogP contribution in [0.15, 0.2) is 0 Å². The predicted molar refractivity (Wildman–Crippen MR) is 46.0 cm³/mol. The molecular weight excluding hydrogens is 184 g/mol. The van der Waals surface area contributed by atoms with Crippen LogP contribution in [0.4, 0.5) is 0 Å². The fourth-order valence-electron chi connectivity index (χ4n) is 0.821. The molecule has 74 valence electrons. The van der Waals surface area contributed by atoms with Crippen molar-refractivity contribution >= 4 is 11.8 Å². The largest absolute Gasteiger partial charge is 0.274 e. The molecule has 2 N–H and O–H groups in total. The summed E-state index contributed by atoms with van der Waals surface area (Å²) in [6.45, 7) is 0. The van der Waals surface area contributed by atoms with E-state index < -0.39 is 0 Å². The van der Waals surface area contributed by atoms with E-state index in [1.807, 2.05) is 10.6 Å². The lowest BCUT2D eigenvalue weighted by Crippen LogP contribution is -2.18. The molecule has 2 amide bonds. The number of carbonyl (C=O) groups is 2. The average Bonchev–Trinajstić information content (AvgIpc) is 2.13. The van der Waals surface area contributed by atoms with Crippen LogP contribution in [0.25, 0.3) is 0 Å². The number of nitriles is 2. The van der Waals surface area contributed by atoms with Crippen molar-refractivity contribution in [2.24, 2.45) is 0 Å². The number of amides is 2. The third-order valence-corrected chi connectivity index (χ3v) is 1.45. The summed E-state index contributed by atoms with van der Waals surface area (Å²) in [5.41, 5.74) is 0. The SMILES string of the molecule is N#CNC(=O)CCCCC(=O)NC#N. The first-order valence-corrected chi connectivity index (χ1v) is 4.06. The summed E-state index contributed by atoms with van der Waals surface area (Å²) in [5, 5.41) is 20.1. The van der Waals surface area contributed by atoms with E-state index in [4.69, 9.17) is 10.5 Å². The van der Waals surface area contributed by atoms with Crippen molar-refractivity contribution in [2.45, 2.75) is 25.7 Å². The van der Waals surface area contributed by atoms with Gasteiger partial charge >= 0.3 is 0 Å². The molecule has 14 heavy (non-hydrogen) atoms. The van der Waals surface area contributed by atoms with Gasteiger partial charge < -0.3 is 0 Å². The summed E-state index contributed by atoms with van der Waals surface area (Å²) >= 11 is 0. The van der Waals surface area contributed by atoms with Crippen molar-refractivity contribution in [2.75, 3.05) is 0 Å². The standard InChI is InChI=1S/C8H10N4O2/c9-5-11-7(13)3-1-2-4-8(14)12-6-10/h1-4H2,(H,11,13)(H,12,14). The second-order valence-corrected chi connectivity index (χ2v) is 2.53. The molecule has 0 aliphatic rings. The minimum atomic E-state index is -0.354. The molecule has 0 aromatic rings. The number of carbonyl (C=O) groups excluding carboxylic acids is 2. The van der Waals surface area contributed by atoms with E-state index in [9.17, 15) is 9.59 Å². The van der Waals surface area contributed by atoms with Crippen LogP contribution in [0.5, 0.6) is 0 Å². The second-order valence-electron chi connectivity index (χ2n) is 2.53. The first-order valence-electron chi connectivity index (χ1n) is 4.06. The second kappa shape index (κ2) is 7.56. The molecule has 0 fully saturated rings. The number of hydrogen-bond donors (Lipinski definition) is 2. The average molecular weight is 194 g/mol. The van der Waals surface area contributed by atoms with E-state index in [2.05, 4.69) is 0 Å². The van der Waals surface area contributed by atoms with E-state index in [1.54, 1.807) is 0 Å². The Morgan fingerprint density at radius 1 is 0.929 bits per heavy atom. The monoisotopic (exact) mass is 194 g/mol. The maximum absolute atomic E-state index is 10.7. The highest BCUT2D eigenvalue weighted by Gasteiger charge is 2.02. The van der Waals surface area contributed by atoms with Crippen molar-refractivity contribution in [3.63, 3.8) is 0 Å². The van der Waals surface area contributed by atoms with Crippen LogP contribution in [0.3, 0.4) is 0 Å². The molecule has 0 aromatic heterocycles. The number of hydrogen-bond acceptors (Lipinski definition) is 4. The minimum absolute atomic E-state index is 0.216. The van der Waals surface area contributed by atoms with E-state index in [-0.39, 0.29) is 24.7 Å². The molecule has 0 aliphatic carbocycles. The maximum Gasteiger partial charge on any atom is 0.232 e. The summed E-state index contributed by atoms with van der Waals surface area (Å²) < 4.78 is 0. The van der Waals surface area contributed by atoms with E-state index in [1.165, 1.54) is 12.4 Å². The molecule has 6 heteroatoms. The Morgan fingerprint density at radius 2 is 1.29 bits per heavy atom. The van der Waals surface area contributed by atoms with Gasteiger partial charge in [0.15, 0.2) is 12.4 Å². The van der Waals surface area contributed by atoms with Crippen LogP contribution in [0, 0.1) is 22.9 Å². The van der Waals surface area contributed by atoms with Gasteiger partial charge in [-0.2, -0.15) is 10.5 Å². The lowest BCUT2D eigenvalue weighted by molar-refractivity contribution is -0.121. The van der Waals surface area contributed by atoms with E-state index >= 15 is 0 Å². The number of rotatable bonds is 5. The van der Waals surface area contributed by atoms with E-state index in [0.717, 1.165) is 0 Å². The zero-order valence-electron chi connectivity index (χ0n) is 7.54. The van der Waals surface area contributed by atoms with Crippen LogP contribution in [0.1, 0.15) is 25.7 Å². The molecule has 6 nitrogen and oxygen atoms in total. The summed E-state index contributed by atoms with van der Waals surface area (Å²) in [6, 6.07) is 0. The highest BCUT2D eigenvalue weighted by atomic mass is 16.2. The molecular formula is C8H10N4O2. The molecule has 0 aromatic carbocycles. The molecule has 0 heterocycles. The quantitative estimate of drug-likeness (QED) is 0.357. The number of nitrogens with zero attached hydrogens (tertiary/aromatic N) is 2. The fourth-order valence-corrected chi connectivity index (χ4v) is 0.821. The van der Waals surface area contributed by atoms with Crippen molar-refractivity contribution in [1.29, 1.82) is 10.5 Å². The topological polar surface area (TPSA) is 106 Å². The summed E-state index contributed by atoms with van der Waals surface area (Å²) in [4.78, 5) is 21.5. The Morgan fingerprint density at radius 3 is 1.57 bits per heavy atom. The van der Waals surface area contributed by atoms with Crippen LogP contribution in [0.2, 0.25) is 0 Å². The Balaban J connectivity index is 3.39. The minimum Gasteiger partial charge on any atom is -0.274 e. The zero-order valence-corrected chi connectivity index (χ0v) is 7.54. The summed E-state index contributed by atoms with van der Waals surface area (Å²) in [5.74, 6) is -0.707. The smallest absolute Gasteiger partial charge is 0.232 e. The Bertz CT molecular complexity index is 257. The van der Waals surface area contributed by atoms with Gasteiger partial charge in [0.25, 0.3) is 0 Å². The van der Waals surface area contributed by atoms with Gasteiger partial charge in [0.05, 0.1) is 0 Å². The van der Waals surface area contributed by atoms with Gasteiger partial charge in [0, 0.05) is 12.8 Å². The highest BCUT2D eigenvalue weighted by Crippen LogP contribution is 1.99. The highest BCUT2D eigenvalue weighted by molar-refractivity contribution is 5.78. The van der Waals surface area contributed by atoms with Gasteiger partial charge in [-0.15, -0.1) is 0 Å². The number of nitrogens with one attached hydrogen (secondary N) is 2. The van der Waals surface area contributed by atoms with Crippen molar-refractivity contribution in [3.05, 3.63) is 0 Å². The fraction of sp³-hybridized carbons (Fsp3) is 0.500. The normalized spacial score (nSPS) is 8.14. The van der Waals surface area contributed by atoms with Crippen LogP contribution >= 0.6 is 0 Å². The molecule has 0 saturated heterocycles. The lowest BCUT2D eigenvalue weighted by atomic mass is 10.2. The third-order valence-electron chi connectivity index (χ3n) is 1.45. The Kier molecular flexibility index (Phi) is 6.44. The summed E-state index contributed by atoms with van der Waals surface area (Å²) in [7, 11) is 0. The van der Waals surface area contributed by atoms with Gasteiger partial charge in [-0.3, -0.25) is 20.2 Å². The molecule has 0 spiro atoms. The molecule has 0 aliphatic heterocycles. The van der Waals surface area contributed by atoms with Gasteiger partial charge in [0.2, 0.25) is 11.8 Å². The lowest BCUT2D eigenvalue weighted by Gasteiger charge is -1.97. The van der Waals surface area contributed by atoms with Gasteiger partial charge in [0.1, 0.15) is 0 Å².